The van der Waals surface area contributed by atoms with Gasteiger partial charge in [0.1, 0.15) is 0 Å². The van der Waals surface area contributed by atoms with Gasteiger partial charge in [-0.05, 0) is 16.6 Å². The highest BCUT2D eigenvalue weighted by Crippen LogP contribution is 2.03. The van der Waals surface area contributed by atoms with Crippen LogP contribution < -0.4 is 10.7 Å². The van der Waals surface area contributed by atoms with Crippen molar-refractivity contribution in [2.24, 2.45) is 4.47 Å². The molecule has 0 unspecified atom stereocenters. The molecule has 0 heterocycles. The fourth-order valence-corrected chi connectivity index (χ4v) is 0.917. The summed E-state index contributed by atoms with van der Waals surface area (Å²) < 4.78 is 22.7. The van der Waals surface area contributed by atoms with Gasteiger partial charge in [0, 0.05) is 5.69 Å². The number of anilines is 1. The van der Waals surface area contributed by atoms with E-state index in [0.29, 0.717) is 5.69 Å². The Morgan fingerprint density at radius 1 is 1.21 bits per heavy atom. The molecule has 0 aliphatic carbocycles. The zero-order chi connectivity index (χ0) is 10.4. The summed E-state index contributed by atoms with van der Waals surface area (Å²) in [6.45, 7) is 0. The predicted octanol–water partition coefficient (Wildman–Crippen LogP) is 0.786. The number of benzene rings is 1. The van der Waals surface area contributed by atoms with Crippen LogP contribution in [0.2, 0.25) is 0 Å². The summed E-state index contributed by atoms with van der Waals surface area (Å²) in [6, 6.07) is 7.87. The Balaban J connectivity index is 2.54. The minimum atomic E-state index is -2.64. The van der Waals surface area contributed by atoms with Gasteiger partial charge in [-0.3, -0.25) is 0 Å². The lowest BCUT2D eigenvalue weighted by molar-refractivity contribution is 0.252. The normalized spacial score (nSPS) is 8.86. The van der Waals surface area contributed by atoms with Crippen LogP contribution in [0, 0.1) is 0 Å². The number of carbonyl (C=O) groups is 1. The summed E-state index contributed by atoms with van der Waals surface area (Å²) >= 11 is 0. The van der Waals surface area contributed by atoms with E-state index in [1.54, 1.807) is 35.8 Å². The third-order valence-corrected chi connectivity index (χ3v) is 1.49. The first-order valence-corrected chi connectivity index (χ1v) is 4.64. The zero-order valence-corrected chi connectivity index (χ0v) is 7.78. The maximum atomic E-state index is 10.9. The monoisotopic (exact) mass is 213 g/mol. The van der Waals surface area contributed by atoms with Gasteiger partial charge in [0.05, 0.1) is 0 Å². The molecule has 0 aliphatic rings. The van der Waals surface area contributed by atoms with Gasteiger partial charge < -0.3 is 5.32 Å². The first kappa shape index (κ1) is 10.2. The number of carbonyl (C=O) groups excluding carboxylic acids is 1. The second-order valence-electron chi connectivity index (χ2n) is 2.24. The fourth-order valence-electron chi connectivity index (χ4n) is 0.759. The number of nitrogens with one attached hydrogen (secondary N) is 2. The van der Waals surface area contributed by atoms with Gasteiger partial charge in [-0.25, -0.2) is 10.2 Å². The summed E-state index contributed by atoms with van der Waals surface area (Å²) in [5.41, 5.74) is 2.35. The number of urea groups is 1. The third kappa shape index (κ3) is 3.68. The first-order valence-electron chi connectivity index (χ1n) is 3.60. The van der Waals surface area contributed by atoms with Crippen molar-refractivity contribution in [1.82, 2.24) is 5.43 Å². The van der Waals surface area contributed by atoms with Crippen LogP contribution in [0.15, 0.2) is 34.8 Å². The smallest absolute Gasteiger partial charge is 0.307 e. The maximum Gasteiger partial charge on any atom is 0.340 e. The summed E-state index contributed by atoms with van der Waals surface area (Å²) in [5.74, 6) is 0. The lowest BCUT2D eigenvalue weighted by Gasteiger charge is -2.01. The Labute approximate surface area is 81.6 Å². The number of hydrogen-bond donors (Lipinski definition) is 2. The number of amides is 2. The van der Waals surface area contributed by atoms with Gasteiger partial charge in [-0.15, -0.1) is 0 Å². The quantitative estimate of drug-likeness (QED) is 0.712. The molecule has 7 heteroatoms. The Kier molecular flexibility index (Phi) is 3.62. The summed E-state index contributed by atoms with van der Waals surface area (Å²) in [6.07, 6.45) is 0. The van der Waals surface area contributed by atoms with Gasteiger partial charge in [0.25, 0.3) is 0 Å². The molecule has 0 spiro atoms. The van der Waals surface area contributed by atoms with Gasteiger partial charge in [-0.2, -0.15) is 8.42 Å². The molecule has 0 aromatic heterocycles. The molecule has 6 nitrogen and oxygen atoms in total. The van der Waals surface area contributed by atoms with Gasteiger partial charge in [-0.1, -0.05) is 18.2 Å². The number of rotatable bonds is 2. The van der Waals surface area contributed by atoms with Crippen LogP contribution in [-0.2, 0) is 10.5 Å². The molecule has 14 heavy (non-hydrogen) atoms. The molecule has 0 aliphatic heterocycles. The molecule has 0 fully saturated rings. The molecule has 0 radical (unpaired) electrons. The van der Waals surface area contributed by atoms with E-state index in [1.165, 1.54) is 0 Å². The van der Waals surface area contributed by atoms with Crippen LogP contribution >= 0.6 is 0 Å². The van der Waals surface area contributed by atoms with Crippen LogP contribution in [0.3, 0.4) is 0 Å². The highest BCUT2D eigenvalue weighted by molar-refractivity contribution is 7.61. The van der Waals surface area contributed by atoms with E-state index < -0.39 is 16.5 Å². The molecular weight excluding hydrogens is 206 g/mol. The number of nitrogens with zero attached hydrogens (tertiary/aromatic N) is 1. The van der Waals surface area contributed by atoms with Crippen molar-refractivity contribution in [1.29, 1.82) is 0 Å². The molecule has 0 atom stereocenters. The molecule has 74 valence electrons. The Morgan fingerprint density at radius 2 is 1.86 bits per heavy atom. The zero-order valence-electron chi connectivity index (χ0n) is 6.97. The molecule has 2 amide bonds. The van der Waals surface area contributed by atoms with E-state index >= 15 is 0 Å². The molecule has 1 aromatic carbocycles. The average molecular weight is 213 g/mol. The highest BCUT2D eigenvalue weighted by atomic mass is 32.2. The second-order valence-corrected chi connectivity index (χ2v) is 2.86. The Bertz CT molecular complexity index is 433. The largest absolute Gasteiger partial charge is 0.340 e. The average Bonchev–Trinajstić information content (AvgIpc) is 2.16. The maximum absolute atomic E-state index is 10.9. The lowest BCUT2D eigenvalue weighted by atomic mass is 10.3. The van der Waals surface area contributed by atoms with Crippen molar-refractivity contribution in [2.45, 2.75) is 0 Å². The highest BCUT2D eigenvalue weighted by Gasteiger charge is 1.97. The molecular formula is C7H7N3O3S. The van der Waals surface area contributed by atoms with Crippen LogP contribution in [0.5, 0.6) is 0 Å². The number of hydrogen-bond acceptors (Lipinski definition) is 4. The predicted molar refractivity (Wildman–Crippen MR) is 49.9 cm³/mol. The van der Waals surface area contributed by atoms with Crippen LogP contribution in [0.1, 0.15) is 0 Å². The van der Waals surface area contributed by atoms with E-state index in [2.05, 4.69) is 9.79 Å². The summed E-state index contributed by atoms with van der Waals surface area (Å²) in [5, 5.41) is 2.38. The minimum absolute atomic E-state index is 0.553. The van der Waals surface area contributed by atoms with E-state index in [4.69, 9.17) is 0 Å². The molecule has 1 rings (SSSR count). The van der Waals surface area contributed by atoms with Crippen LogP contribution in [-0.4, -0.2) is 14.4 Å². The van der Waals surface area contributed by atoms with Gasteiger partial charge in [0.2, 0.25) is 0 Å². The lowest BCUT2D eigenvalue weighted by Crippen LogP contribution is -2.23. The van der Waals surface area contributed by atoms with E-state index in [1.807, 2.05) is 0 Å². The SMILES string of the molecule is O=C(NN=S(=O)=O)Nc1ccccc1. The molecule has 1 aromatic rings. The molecule has 2 N–H and O–H groups in total. The Hall–Kier alpha value is -1.89. The van der Waals surface area contributed by atoms with E-state index in [9.17, 15) is 13.2 Å². The Morgan fingerprint density at radius 3 is 2.43 bits per heavy atom. The van der Waals surface area contributed by atoms with Crippen molar-refractivity contribution in [3.63, 3.8) is 0 Å². The van der Waals surface area contributed by atoms with Crippen LogP contribution in [0.25, 0.3) is 0 Å². The van der Waals surface area contributed by atoms with Crippen molar-refractivity contribution in [3.8, 4) is 0 Å². The number of para-hydroxylation sites is 1. The van der Waals surface area contributed by atoms with E-state index in [-0.39, 0.29) is 0 Å². The fraction of sp³-hybridized carbons (Fsp3) is 0. The molecule has 0 bridgehead atoms. The minimum Gasteiger partial charge on any atom is -0.307 e. The van der Waals surface area contributed by atoms with Crippen molar-refractivity contribution in [3.05, 3.63) is 30.3 Å². The topological polar surface area (TPSA) is 87.6 Å². The van der Waals surface area contributed by atoms with Gasteiger partial charge >= 0.3 is 16.5 Å². The second kappa shape index (κ2) is 4.97. The third-order valence-electron chi connectivity index (χ3n) is 1.25. The van der Waals surface area contributed by atoms with E-state index in [0.717, 1.165) is 0 Å². The molecule has 0 saturated heterocycles. The summed E-state index contributed by atoms with van der Waals surface area (Å²) in [7, 11) is -2.64. The first-order chi connectivity index (χ1) is 6.68. The van der Waals surface area contributed by atoms with Crippen LogP contribution in [0.4, 0.5) is 10.5 Å². The van der Waals surface area contributed by atoms with Crippen molar-refractivity contribution in [2.75, 3.05) is 5.32 Å². The molecule has 0 saturated carbocycles. The standard InChI is InChI=1S/C7H7N3O3S/c11-7(9-10-14(12)13)8-6-4-2-1-3-5-6/h1-5H,(H2,8,9,11). The van der Waals surface area contributed by atoms with Gasteiger partial charge in [0.15, 0.2) is 0 Å². The van der Waals surface area contributed by atoms with Crippen molar-refractivity contribution < 1.29 is 13.2 Å². The summed E-state index contributed by atoms with van der Waals surface area (Å²) in [4.78, 5) is 10.9. The van der Waals surface area contributed by atoms with Crippen molar-refractivity contribution >= 4 is 22.2 Å².